The molecule has 0 unspecified atom stereocenters. The Morgan fingerprint density at radius 2 is 1.80 bits per heavy atom. The van der Waals surface area contributed by atoms with E-state index in [4.69, 9.17) is 9.84 Å². The SMILES string of the molecule is OCC1CCC(c2ccc(OCCF)c(F)c2F)CC1. The Morgan fingerprint density at radius 3 is 2.40 bits per heavy atom. The second kappa shape index (κ2) is 6.97. The Bertz CT molecular complexity index is 443. The molecular formula is C15H19F3O2. The fourth-order valence-corrected chi connectivity index (χ4v) is 2.78. The summed E-state index contributed by atoms with van der Waals surface area (Å²) in [6, 6.07) is 2.89. The van der Waals surface area contributed by atoms with Crippen LogP contribution in [0.25, 0.3) is 0 Å². The van der Waals surface area contributed by atoms with Gasteiger partial charge in [0.1, 0.15) is 13.3 Å². The highest BCUT2D eigenvalue weighted by Crippen LogP contribution is 2.38. The second-order valence-corrected chi connectivity index (χ2v) is 5.22. The first kappa shape index (κ1) is 15.2. The van der Waals surface area contributed by atoms with E-state index in [1.165, 1.54) is 12.1 Å². The van der Waals surface area contributed by atoms with Gasteiger partial charge < -0.3 is 9.84 Å². The number of halogens is 3. The molecule has 0 saturated heterocycles. The minimum absolute atomic E-state index is 0.0254. The van der Waals surface area contributed by atoms with Crippen LogP contribution in [0, 0.1) is 17.6 Å². The number of rotatable bonds is 5. The largest absolute Gasteiger partial charge is 0.488 e. The molecule has 0 spiro atoms. The van der Waals surface area contributed by atoms with Gasteiger partial charge in [0, 0.05) is 6.61 Å². The maximum Gasteiger partial charge on any atom is 0.200 e. The lowest BCUT2D eigenvalue weighted by molar-refractivity contribution is 0.181. The van der Waals surface area contributed by atoms with E-state index >= 15 is 0 Å². The molecule has 1 aromatic rings. The van der Waals surface area contributed by atoms with Crippen molar-refractivity contribution in [2.75, 3.05) is 19.9 Å². The number of ether oxygens (including phenoxy) is 1. The minimum Gasteiger partial charge on any atom is -0.488 e. The van der Waals surface area contributed by atoms with Gasteiger partial charge in [0.15, 0.2) is 11.6 Å². The maximum absolute atomic E-state index is 14.1. The first-order valence-electron chi connectivity index (χ1n) is 6.94. The zero-order chi connectivity index (χ0) is 14.5. The summed E-state index contributed by atoms with van der Waals surface area (Å²) < 4.78 is 44.7. The molecule has 1 fully saturated rings. The smallest absolute Gasteiger partial charge is 0.200 e. The lowest BCUT2D eigenvalue weighted by Gasteiger charge is -2.28. The molecular weight excluding hydrogens is 269 g/mol. The van der Waals surface area contributed by atoms with Crippen LogP contribution in [-0.4, -0.2) is 25.0 Å². The molecule has 0 amide bonds. The van der Waals surface area contributed by atoms with Crippen LogP contribution in [-0.2, 0) is 0 Å². The van der Waals surface area contributed by atoms with Crippen LogP contribution < -0.4 is 4.74 Å². The highest BCUT2D eigenvalue weighted by molar-refractivity contribution is 5.33. The third kappa shape index (κ3) is 3.26. The lowest BCUT2D eigenvalue weighted by atomic mass is 9.79. The zero-order valence-corrected chi connectivity index (χ0v) is 11.2. The average Bonchev–Trinajstić information content (AvgIpc) is 2.49. The van der Waals surface area contributed by atoms with Crippen molar-refractivity contribution in [3.63, 3.8) is 0 Å². The Kier molecular flexibility index (Phi) is 5.29. The van der Waals surface area contributed by atoms with E-state index < -0.39 is 18.3 Å². The van der Waals surface area contributed by atoms with Crippen molar-refractivity contribution in [2.45, 2.75) is 31.6 Å². The van der Waals surface area contributed by atoms with Crippen molar-refractivity contribution >= 4 is 0 Å². The Balaban J connectivity index is 2.11. The van der Waals surface area contributed by atoms with Crippen LogP contribution in [0.1, 0.15) is 37.2 Å². The van der Waals surface area contributed by atoms with Crippen molar-refractivity contribution in [1.82, 2.24) is 0 Å². The minimum atomic E-state index is -1.04. The van der Waals surface area contributed by atoms with Gasteiger partial charge in [-0.15, -0.1) is 0 Å². The molecule has 0 radical (unpaired) electrons. The van der Waals surface area contributed by atoms with Crippen molar-refractivity contribution in [2.24, 2.45) is 5.92 Å². The van der Waals surface area contributed by atoms with Crippen LogP contribution >= 0.6 is 0 Å². The van der Waals surface area contributed by atoms with Crippen LogP contribution in [0.2, 0.25) is 0 Å². The van der Waals surface area contributed by atoms with Gasteiger partial charge in [-0.1, -0.05) is 6.07 Å². The summed E-state index contributed by atoms with van der Waals surface area (Å²) in [5, 5.41) is 9.08. The number of aliphatic hydroxyl groups excluding tert-OH is 1. The predicted octanol–water partition coefficient (Wildman–Crippen LogP) is 3.58. The highest BCUT2D eigenvalue weighted by Gasteiger charge is 2.26. The molecule has 0 aliphatic heterocycles. The van der Waals surface area contributed by atoms with Gasteiger partial charge in [-0.2, -0.15) is 4.39 Å². The van der Waals surface area contributed by atoms with Crippen LogP contribution in [0.4, 0.5) is 13.2 Å². The highest BCUT2D eigenvalue weighted by atomic mass is 19.2. The molecule has 2 rings (SSSR count). The van der Waals surface area contributed by atoms with Gasteiger partial charge >= 0.3 is 0 Å². The molecule has 1 saturated carbocycles. The van der Waals surface area contributed by atoms with E-state index in [2.05, 4.69) is 0 Å². The van der Waals surface area contributed by atoms with Crippen LogP contribution in [0.15, 0.2) is 12.1 Å². The zero-order valence-electron chi connectivity index (χ0n) is 11.2. The molecule has 112 valence electrons. The molecule has 1 N–H and O–H groups in total. The summed E-state index contributed by atoms with van der Waals surface area (Å²) in [4.78, 5) is 0. The Hall–Kier alpha value is -1.23. The monoisotopic (exact) mass is 288 g/mol. The van der Waals surface area contributed by atoms with E-state index in [1.54, 1.807) is 0 Å². The Morgan fingerprint density at radius 1 is 1.10 bits per heavy atom. The van der Waals surface area contributed by atoms with Crippen molar-refractivity contribution in [3.8, 4) is 5.75 Å². The summed E-state index contributed by atoms with van der Waals surface area (Å²) in [5.74, 6) is -1.93. The molecule has 0 aromatic heterocycles. The van der Waals surface area contributed by atoms with Gasteiger partial charge in [-0.25, -0.2) is 8.78 Å². The molecule has 0 heterocycles. The summed E-state index contributed by atoms with van der Waals surface area (Å²) >= 11 is 0. The van der Waals surface area contributed by atoms with Gasteiger partial charge in [0.05, 0.1) is 0 Å². The summed E-state index contributed by atoms with van der Waals surface area (Å²) in [6.07, 6.45) is 3.13. The first-order valence-corrected chi connectivity index (χ1v) is 6.94. The lowest BCUT2D eigenvalue weighted by Crippen LogP contribution is -2.17. The quantitative estimate of drug-likeness (QED) is 0.897. The van der Waals surface area contributed by atoms with Gasteiger partial charge in [0.2, 0.25) is 5.82 Å². The van der Waals surface area contributed by atoms with E-state index in [0.717, 1.165) is 25.7 Å². The van der Waals surface area contributed by atoms with Crippen molar-refractivity contribution < 1.29 is 23.0 Å². The predicted molar refractivity (Wildman–Crippen MR) is 69.6 cm³/mol. The standard InChI is InChI=1S/C15H19F3O2/c16-7-8-20-13-6-5-12(14(17)15(13)18)11-3-1-10(9-19)2-4-11/h5-6,10-11,19H,1-4,7-9H2. The summed E-state index contributed by atoms with van der Waals surface area (Å²) in [5.41, 5.74) is 0.353. The molecule has 1 aliphatic rings. The van der Waals surface area contributed by atoms with Gasteiger partial charge in [0.25, 0.3) is 0 Å². The van der Waals surface area contributed by atoms with E-state index in [0.29, 0.717) is 5.56 Å². The molecule has 2 nitrogen and oxygen atoms in total. The van der Waals surface area contributed by atoms with Gasteiger partial charge in [-0.05, 0) is 49.1 Å². The van der Waals surface area contributed by atoms with E-state index in [9.17, 15) is 13.2 Å². The first-order chi connectivity index (χ1) is 9.67. The fourth-order valence-electron chi connectivity index (χ4n) is 2.78. The average molecular weight is 288 g/mol. The Labute approximate surface area is 116 Å². The number of benzene rings is 1. The topological polar surface area (TPSA) is 29.5 Å². The van der Waals surface area contributed by atoms with Crippen LogP contribution in [0.3, 0.4) is 0 Å². The molecule has 5 heteroatoms. The summed E-state index contributed by atoms with van der Waals surface area (Å²) in [7, 11) is 0. The number of alkyl halides is 1. The van der Waals surface area contributed by atoms with E-state index in [1.807, 2.05) is 0 Å². The maximum atomic E-state index is 14.1. The number of hydrogen-bond donors (Lipinski definition) is 1. The molecule has 0 bridgehead atoms. The second-order valence-electron chi connectivity index (χ2n) is 5.22. The third-order valence-electron chi connectivity index (χ3n) is 3.96. The van der Waals surface area contributed by atoms with Crippen molar-refractivity contribution in [3.05, 3.63) is 29.3 Å². The number of hydrogen-bond acceptors (Lipinski definition) is 2. The molecule has 0 atom stereocenters. The summed E-state index contributed by atoms with van der Waals surface area (Å²) in [6.45, 7) is -0.870. The molecule has 1 aromatic carbocycles. The van der Waals surface area contributed by atoms with Crippen LogP contribution in [0.5, 0.6) is 5.75 Å². The normalized spacial score (nSPS) is 22.8. The van der Waals surface area contributed by atoms with E-state index in [-0.39, 0.29) is 30.8 Å². The molecule has 1 aliphatic carbocycles. The fraction of sp³-hybridized carbons (Fsp3) is 0.600. The third-order valence-corrected chi connectivity index (χ3v) is 3.96. The van der Waals surface area contributed by atoms with Gasteiger partial charge in [-0.3, -0.25) is 0 Å². The molecule has 20 heavy (non-hydrogen) atoms. The van der Waals surface area contributed by atoms with Crippen molar-refractivity contribution in [1.29, 1.82) is 0 Å². The number of aliphatic hydroxyl groups is 1.